The van der Waals surface area contributed by atoms with Gasteiger partial charge in [-0.15, -0.1) is 0 Å². The minimum atomic E-state index is -1.15. The largest absolute Gasteiger partial charge is 0.481 e. The van der Waals surface area contributed by atoms with Crippen LogP contribution in [-0.2, 0) is 20.9 Å². The molecule has 4 rings (SSSR count). The fraction of sp³-hybridized carbons (Fsp3) is 0.130. The molecule has 33 heavy (non-hydrogen) atoms. The molecule has 2 heterocycles. The van der Waals surface area contributed by atoms with Crippen molar-refractivity contribution in [2.75, 3.05) is 13.7 Å². The van der Waals surface area contributed by atoms with Crippen molar-refractivity contribution in [2.45, 2.75) is 6.54 Å². The Hall–Kier alpha value is -4.60. The van der Waals surface area contributed by atoms with Crippen LogP contribution in [0.2, 0.25) is 0 Å². The minimum absolute atomic E-state index is 0.0173. The van der Waals surface area contributed by atoms with Gasteiger partial charge >= 0.3 is 18.0 Å². The van der Waals surface area contributed by atoms with Crippen LogP contribution in [0.1, 0.15) is 21.9 Å². The average Bonchev–Trinajstić information content (AvgIpc) is 3.38. The molecule has 0 spiro atoms. The number of fused-ring (bicyclic) bond motifs is 1. The first kappa shape index (κ1) is 21.6. The molecule has 2 N–H and O–H groups in total. The van der Waals surface area contributed by atoms with Gasteiger partial charge in [0.1, 0.15) is 17.2 Å². The minimum Gasteiger partial charge on any atom is -0.481 e. The Balaban J connectivity index is 1.65. The molecule has 0 bridgehead atoms. The van der Waals surface area contributed by atoms with Crippen LogP contribution in [0.3, 0.4) is 0 Å². The average molecular weight is 450 g/mol. The van der Waals surface area contributed by atoms with Crippen LogP contribution in [0.25, 0.3) is 16.8 Å². The van der Waals surface area contributed by atoms with Crippen molar-refractivity contribution in [3.8, 4) is 5.75 Å². The molecule has 168 valence electrons. The summed E-state index contributed by atoms with van der Waals surface area (Å²) in [6.45, 7) is -0.765. The van der Waals surface area contributed by atoms with Gasteiger partial charge < -0.3 is 24.3 Å². The Labute approximate surface area is 187 Å². The molecule has 1 saturated heterocycles. The lowest BCUT2D eigenvalue weighted by Gasteiger charge is -2.11. The molecular formula is C23H18N2O8. The van der Waals surface area contributed by atoms with Crippen molar-refractivity contribution < 1.29 is 38.2 Å². The second-order valence-corrected chi connectivity index (χ2v) is 7.02. The number of furan rings is 1. The van der Waals surface area contributed by atoms with E-state index >= 15 is 0 Å². The lowest BCUT2D eigenvalue weighted by Crippen LogP contribution is -2.30. The summed E-state index contributed by atoms with van der Waals surface area (Å²) in [5, 5.41) is 13.0. The van der Waals surface area contributed by atoms with Crippen molar-refractivity contribution in [3.05, 3.63) is 71.3 Å². The van der Waals surface area contributed by atoms with Crippen molar-refractivity contribution in [1.29, 1.82) is 0 Å². The third-order valence-corrected chi connectivity index (χ3v) is 4.90. The number of urea groups is 1. The van der Waals surface area contributed by atoms with Crippen LogP contribution in [-0.4, -0.2) is 47.6 Å². The number of benzene rings is 2. The number of imide groups is 1. The summed E-state index contributed by atoms with van der Waals surface area (Å²) in [4.78, 5) is 48.8. The van der Waals surface area contributed by atoms with Gasteiger partial charge in [0.25, 0.3) is 5.91 Å². The number of hydrogen-bond acceptors (Lipinski definition) is 7. The monoisotopic (exact) mass is 450 g/mol. The molecule has 3 amide bonds. The molecule has 0 radical (unpaired) electrons. The number of carboxylic acid groups (broad SMARTS) is 1. The zero-order valence-electron chi connectivity index (χ0n) is 17.4. The van der Waals surface area contributed by atoms with Crippen molar-refractivity contribution >= 4 is 40.7 Å². The fourth-order valence-corrected chi connectivity index (χ4v) is 3.38. The van der Waals surface area contributed by atoms with E-state index in [4.69, 9.17) is 14.3 Å². The van der Waals surface area contributed by atoms with E-state index < -0.39 is 30.5 Å². The predicted octanol–water partition coefficient (Wildman–Crippen LogP) is 2.78. The highest BCUT2D eigenvalue weighted by molar-refractivity contribution is 6.14. The van der Waals surface area contributed by atoms with E-state index in [1.165, 1.54) is 25.3 Å². The Kier molecular flexibility index (Phi) is 5.81. The number of methoxy groups -OCH3 is 1. The van der Waals surface area contributed by atoms with Crippen molar-refractivity contribution in [3.63, 3.8) is 0 Å². The van der Waals surface area contributed by atoms with E-state index in [2.05, 4.69) is 10.1 Å². The molecule has 10 heteroatoms. The summed E-state index contributed by atoms with van der Waals surface area (Å²) in [5.41, 5.74) is 0.433. The number of nitrogens with zero attached hydrogens (tertiary/aromatic N) is 1. The zero-order chi connectivity index (χ0) is 23.5. The van der Waals surface area contributed by atoms with E-state index in [0.29, 0.717) is 10.9 Å². The van der Waals surface area contributed by atoms with Crippen LogP contribution in [0.15, 0.2) is 58.6 Å². The highest BCUT2D eigenvalue weighted by Crippen LogP contribution is 2.31. The summed E-state index contributed by atoms with van der Waals surface area (Å²) >= 11 is 0. The topological polar surface area (TPSA) is 135 Å². The maximum atomic E-state index is 12.9. The highest BCUT2D eigenvalue weighted by atomic mass is 16.5. The van der Waals surface area contributed by atoms with Gasteiger partial charge in [-0.3, -0.25) is 9.69 Å². The standard InChI is InChI=1S/C23H18N2O8/c1-31-22(29)19-9-7-14(33-19)11-25-21(28)17(24-23(25)30)10-16-15-5-3-2-4-13(15)6-8-18(16)32-12-20(26)27/h2-10H,11-12H2,1H3,(H,24,30)(H,26,27). The number of carboxylic acids is 1. The third kappa shape index (κ3) is 4.40. The van der Waals surface area contributed by atoms with Crippen LogP contribution >= 0.6 is 0 Å². The van der Waals surface area contributed by atoms with E-state index in [-0.39, 0.29) is 29.5 Å². The molecule has 1 aromatic heterocycles. The first-order valence-corrected chi connectivity index (χ1v) is 9.75. The number of carbonyl (C=O) groups is 4. The quantitative estimate of drug-likeness (QED) is 0.319. The van der Waals surface area contributed by atoms with Crippen molar-refractivity contribution in [1.82, 2.24) is 10.2 Å². The zero-order valence-corrected chi connectivity index (χ0v) is 17.4. The second kappa shape index (κ2) is 8.87. The Morgan fingerprint density at radius 1 is 1.12 bits per heavy atom. The first-order valence-electron chi connectivity index (χ1n) is 9.75. The summed E-state index contributed by atoms with van der Waals surface area (Å²) in [7, 11) is 1.21. The van der Waals surface area contributed by atoms with Gasteiger partial charge in [0, 0.05) is 5.56 Å². The Morgan fingerprint density at radius 2 is 1.91 bits per heavy atom. The highest BCUT2D eigenvalue weighted by Gasteiger charge is 2.34. The van der Waals surface area contributed by atoms with Crippen LogP contribution in [0.4, 0.5) is 4.79 Å². The number of esters is 1. The van der Waals surface area contributed by atoms with Gasteiger partial charge in [0.05, 0.1) is 13.7 Å². The van der Waals surface area contributed by atoms with E-state index in [1.807, 2.05) is 12.1 Å². The third-order valence-electron chi connectivity index (χ3n) is 4.90. The van der Waals surface area contributed by atoms with Gasteiger partial charge in [0.15, 0.2) is 6.61 Å². The van der Waals surface area contributed by atoms with Gasteiger partial charge in [-0.25, -0.2) is 14.4 Å². The number of ether oxygens (including phenoxy) is 2. The molecule has 10 nitrogen and oxygen atoms in total. The molecule has 1 aliphatic heterocycles. The molecule has 1 fully saturated rings. The lowest BCUT2D eigenvalue weighted by molar-refractivity contribution is -0.139. The van der Waals surface area contributed by atoms with Crippen molar-refractivity contribution in [2.24, 2.45) is 0 Å². The molecule has 0 atom stereocenters. The first-order chi connectivity index (χ1) is 15.9. The molecular weight excluding hydrogens is 432 g/mol. The number of aliphatic carboxylic acids is 1. The Bertz CT molecular complexity index is 1310. The molecule has 0 aliphatic carbocycles. The smallest absolute Gasteiger partial charge is 0.373 e. The molecule has 0 saturated carbocycles. The predicted molar refractivity (Wildman–Crippen MR) is 114 cm³/mol. The van der Waals surface area contributed by atoms with Gasteiger partial charge in [-0.1, -0.05) is 30.3 Å². The van der Waals surface area contributed by atoms with Gasteiger partial charge in [-0.05, 0) is 35.0 Å². The summed E-state index contributed by atoms with van der Waals surface area (Å²) < 4.78 is 15.3. The van der Waals surface area contributed by atoms with Crippen LogP contribution in [0.5, 0.6) is 5.75 Å². The van der Waals surface area contributed by atoms with E-state index in [1.54, 1.807) is 24.3 Å². The van der Waals surface area contributed by atoms with Crippen LogP contribution < -0.4 is 10.1 Å². The Morgan fingerprint density at radius 3 is 2.67 bits per heavy atom. The SMILES string of the molecule is COC(=O)c1ccc(CN2C(=O)NC(=Cc3c(OCC(=O)O)ccc4ccccc34)C2=O)o1. The fourth-order valence-electron chi connectivity index (χ4n) is 3.38. The number of amides is 3. The normalized spacial score (nSPS) is 14.6. The van der Waals surface area contributed by atoms with E-state index in [0.717, 1.165) is 10.3 Å². The molecule has 2 aromatic carbocycles. The number of rotatable bonds is 7. The lowest BCUT2D eigenvalue weighted by atomic mass is 10.0. The molecule has 3 aromatic rings. The van der Waals surface area contributed by atoms with Gasteiger partial charge in [0.2, 0.25) is 5.76 Å². The summed E-state index contributed by atoms with van der Waals surface area (Å²) in [5.74, 6) is -2.03. The maximum absolute atomic E-state index is 12.9. The number of hydrogen-bond donors (Lipinski definition) is 2. The van der Waals surface area contributed by atoms with Gasteiger partial charge in [-0.2, -0.15) is 0 Å². The molecule has 0 unspecified atom stereocenters. The summed E-state index contributed by atoms with van der Waals surface area (Å²) in [6.07, 6.45) is 1.45. The van der Waals surface area contributed by atoms with E-state index in [9.17, 15) is 19.2 Å². The second-order valence-electron chi connectivity index (χ2n) is 7.02. The number of nitrogens with one attached hydrogen (secondary N) is 1. The maximum Gasteiger partial charge on any atom is 0.373 e. The van der Waals surface area contributed by atoms with Crippen LogP contribution in [0, 0.1) is 0 Å². The summed E-state index contributed by atoms with van der Waals surface area (Å²) in [6, 6.07) is 12.8. The molecule has 1 aliphatic rings. The number of carbonyl (C=O) groups excluding carboxylic acids is 3.